The summed E-state index contributed by atoms with van der Waals surface area (Å²) >= 11 is 0. The van der Waals surface area contributed by atoms with Crippen molar-refractivity contribution in [2.75, 3.05) is 6.54 Å². The second-order valence-corrected chi connectivity index (χ2v) is 4.43. The van der Waals surface area contributed by atoms with E-state index in [-0.39, 0.29) is 11.9 Å². The molecule has 86 valence electrons. The molecule has 1 amide bonds. The van der Waals surface area contributed by atoms with Crippen LogP contribution in [0.3, 0.4) is 0 Å². The Morgan fingerprint density at radius 3 is 2.56 bits per heavy atom. The summed E-state index contributed by atoms with van der Waals surface area (Å²) in [7, 11) is 0. The maximum Gasteiger partial charge on any atom is 0.219 e. The van der Waals surface area contributed by atoms with Crippen LogP contribution >= 0.6 is 0 Å². The zero-order valence-corrected chi connectivity index (χ0v) is 9.68. The summed E-state index contributed by atoms with van der Waals surface area (Å²) in [6.07, 6.45) is 0.609. The molecule has 1 heterocycles. The van der Waals surface area contributed by atoms with E-state index in [1.54, 1.807) is 11.8 Å². The Morgan fingerprint density at radius 1 is 1.44 bits per heavy atom. The Hall–Kier alpha value is -1.35. The SMILES string of the molecule is CC(=O)N1CC[C@](O)(c2ccccc2)[C@H]1C. The maximum absolute atomic E-state index is 11.4. The van der Waals surface area contributed by atoms with Crippen LogP contribution in [0.4, 0.5) is 0 Å². The zero-order valence-electron chi connectivity index (χ0n) is 9.68. The van der Waals surface area contributed by atoms with Crippen LogP contribution in [-0.2, 0) is 10.4 Å². The number of hydrogen-bond acceptors (Lipinski definition) is 2. The number of nitrogens with zero attached hydrogens (tertiary/aromatic N) is 1. The molecule has 0 spiro atoms. The first-order valence-corrected chi connectivity index (χ1v) is 5.61. The lowest BCUT2D eigenvalue weighted by Crippen LogP contribution is -2.42. The molecule has 1 saturated heterocycles. The molecule has 1 aliphatic heterocycles. The second-order valence-electron chi connectivity index (χ2n) is 4.43. The van der Waals surface area contributed by atoms with Crippen LogP contribution < -0.4 is 0 Å². The molecule has 3 heteroatoms. The maximum atomic E-state index is 11.4. The fourth-order valence-corrected chi connectivity index (χ4v) is 2.49. The van der Waals surface area contributed by atoms with Gasteiger partial charge in [0.1, 0.15) is 5.60 Å². The first-order chi connectivity index (χ1) is 7.55. The van der Waals surface area contributed by atoms with Gasteiger partial charge in [-0.1, -0.05) is 30.3 Å². The quantitative estimate of drug-likeness (QED) is 0.778. The van der Waals surface area contributed by atoms with Crippen LogP contribution in [0.15, 0.2) is 30.3 Å². The van der Waals surface area contributed by atoms with Gasteiger partial charge in [0, 0.05) is 13.5 Å². The number of carbonyl (C=O) groups excluding carboxylic acids is 1. The van der Waals surface area contributed by atoms with Crippen LogP contribution in [0.2, 0.25) is 0 Å². The van der Waals surface area contributed by atoms with Crippen LogP contribution in [0, 0.1) is 0 Å². The van der Waals surface area contributed by atoms with Crippen molar-refractivity contribution in [2.45, 2.75) is 31.9 Å². The van der Waals surface area contributed by atoms with Gasteiger partial charge >= 0.3 is 0 Å². The number of rotatable bonds is 1. The molecule has 2 atom stereocenters. The predicted octanol–water partition coefficient (Wildman–Crippen LogP) is 1.51. The number of carbonyl (C=O) groups is 1. The van der Waals surface area contributed by atoms with E-state index < -0.39 is 5.60 Å². The lowest BCUT2D eigenvalue weighted by Gasteiger charge is -2.31. The molecule has 1 N–H and O–H groups in total. The summed E-state index contributed by atoms with van der Waals surface area (Å²) in [6, 6.07) is 9.43. The molecule has 1 aromatic rings. The van der Waals surface area contributed by atoms with Gasteiger partial charge < -0.3 is 10.0 Å². The summed E-state index contributed by atoms with van der Waals surface area (Å²) in [5, 5.41) is 10.7. The monoisotopic (exact) mass is 219 g/mol. The predicted molar refractivity (Wildman–Crippen MR) is 61.8 cm³/mol. The number of aliphatic hydroxyl groups is 1. The van der Waals surface area contributed by atoms with Crippen molar-refractivity contribution in [3.05, 3.63) is 35.9 Å². The van der Waals surface area contributed by atoms with Crippen molar-refractivity contribution in [3.63, 3.8) is 0 Å². The molecule has 1 fully saturated rings. The number of likely N-dealkylation sites (tertiary alicyclic amines) is 1. The number of hydrogen-bond donors (Lipinski definition) is 1. The molecular formula is C13H17NO2. The van der Waals surface area contributed by atoms with E-state index in [1.807, 2.05) is 37.3 Å². The minimum absolute atomic E-state index is 0.0272. The average Bonchev–Trinajstić information content (AvgIpc) is 2.58. The Bertz CT molecular complexity index is 390. The van der Waals surface area contributed by atoms with E-state index in [0.717, 1.165) is 5.56 Å². The molecule has 1 aromatic carbocycles. The van der Waals surface area contributed by atoms with Gasteiger partial charge in [-0.2, -0.15) is 0 Å². The third-order valence-electron chi connectivity index (χ3n) is 3.57. The first-order valence-electron chi connectivity index (χ1n) is 5.61. The molecule has 0 saturated carbocycles. The fourth-order valence-electron chi connectivity index (χ4n) is 2.49. The van der Waals surface area contributed by atoms with Crippen LogP contribution in [0.25, 0.3) is 0 Å². The van der Waals surface area contributed by atoms with Crippen molar-refractivity contribution >= 4 is 5.91 Å². The largest absolute Gasteiger partial charge is 0.383 e. The van der Waals surface area contributed by atoms with Gasteiger partial charge in [0.15, 0.2) is 0 Å². The van der Waals surface area contributed by atoms with Gasteiger partial charge in [-0.15, -0.1) is 0 Å². The van der Waals surface area contributed by atoms with Crippen molar-refractivity contribution in [1.82, 2.24) is 4.90 Å². The summed E-state index contributed by atoms with van der Waals surface area (Å²) in [6.45, 7) is 4.08. The molecule has 1 aliphatic rings. The third-order valence-corrected chi connectivity index (χ3v) is 3.57. The van der Waals surface area contributed by atoms with Crippen molar-refractivity contribution in [1.29, 1.82) is 0 Å². The lowest BCUT2D eigenvalue weighted by atomic mass is 9.87. The van der Waals surface area contributed by atoms with Crippen molar-refractivity contribution < 1.29 is 9.90 Å². The van der Waals surface area contributed by atoms with Crippen molar-refractivity contribution in [3.8, 4) is 0 Å². The highest BCUT2D eigenvalue weighted by Crippen LogP contribution is 2.37. The Kier molecular flexibility index (Phi) is 2.72. The summed E-state index contributed by atoms with van der Waals surface area (Å²) < 4.78 is 0. The topological polar surface area (TPSA) is 40.5 Å². The van der Waals surface area contributed by atoms with Crippen LogP contribution in [0.1, 0.15) is 25.8 Å². The summed E-state index contributed by atoms with van der Waals surface area (Å²) in [5.41, 5.74) is -0.00123. The lowest BCUT2D eigenvalue weighted by molar-refractivity contribution is -0.131. The summed E-state index contributed by atoms with van der Waals surface area (Å²) in [4.78, 5) is 13.1. The first kappa shape index (κ1) is 11.1. The second kappa shape index (κ2) is 3.91. The summed E-state index contributed by atoms with van der Waals surface area (Å²) in [5.74, 6) is 0.0272. The van der Waals surface area contributed by atoms with Gasteiger partial charge in [0.2, 0.25) is 5.91 Å². The minimum Gasteiger partial charge on any atom is -0.383 e. The van der Waals surface area contributed by atoms with Crippen LogP contribution in [-0.4, -0.2) is 28.5 Å². The third kappa shape index (κ3) is 1.61. The normalized spacial score (nSPS) is 29.4. The fraction of sp³-hybridized carbons (Fsp3) is 0.462. The Labute approximate surface area is 95.7 Å². The zero-order chi connectivity index (χ0) is 11.8. The van der Waals surface area contributed by atoms with E-state index in [0.29, 0.717) is 13.0 Å². The van der Waals surface area contributed by atoms with Gasteiger partial charge in [-0.05, 0) is 18.9 Å². The van der Waals surface area contributed by atoms with E-state index in [9.17, 15) is 9.90 Å². The smallest absolute Gasteiger partial charge is 0.219 e. The molecule has 0 unspecified atom stereocenters. The van der Waals surface area contributed by atoms with Gasteiger partial charge in [0.05, 0.1) is 6.04 Å². The Balaban J connectivity index is 2.31. The molecule has 0 radical (unpaired) electrons. The minimum atomic E-state index is -0.896. The Morgan fingerprint density at radius 2 is 2.06 bits per heavy atom. The molecule has 0 bridgehead atoms. The van der Waals surface area contributed by atoms with E-state index in [2.05, 4.69) is 0 Å². The molecule has 2 rings (SSSR count). The molecular weight excluding hydrogens is 202 g/mol. The number of amides is 1. The number of benzene rings is 1. The van der Waals surface area contributed by atoms with Gasteiger partial charge in [-0.3, -0.25) is 4.79 Å². The molecule has 0 aliphatic carbocycles. The van der Waals surface area contributed by atoms with E-state index in [4.69, 9.17) is 0 Å². The molecule has 0 aromatic heterocycles. The van der Waals surface area contributed by atoms with Gasteiger partial charge in [-0.25, -0.2) is 0 Å². The van der Waals surface area contributed by atoms with E-state index >= 15 is 0 Å². The van der Waals surface area contributed by atoms with Crippen molar-refractivity contribution in [2.24, 2.45) is 0 Å². The molecule has 3 nitrogen and oxygen atoms in total. The highest BCUT2D eigenvalue weighted by molar-refractivity contribution is 5.74. The van der Waals surface area contributed by atoms with Crippen LogP contribution in [0.5, 0.6) is 0 Å². The highest BCUT2D eigenvalue weighted by Gasteiger charge is 2.45. The molecule has 16 heavy (non-hydrogen) atoms. The highest BCUT2D eigenvalue weighted by atomic mass is 16.3. The van der Waals surface area contributed by atoms with Gasteiger partial charge in [0.25, 0.3) is 0 Å². The standard InChI is InChI=1S/C13H17NO2/c1-10-13(16,8-9-14(10)11(2)15)12-6-4-3-5-7-12/h3-7,10,16H,8-9H2,1-2H3/t10-,13-/m1/s1. The average molecular weight is 219 g/mol. The van der Waals surface area contributed by atoms with E-state index in [1.165, 1.54) is 0 Å².